The lowest BCUT2D eigenvalue weighted by Gasteiger charge is -2.07. The SMILES string of the molecule is O=C(NCc1ccccn1)c1cccc(Cn2cccn2)c1. The largest absolute Gasteiger partial charge is 0.346 e. The number of benzene rings is 1. The fraction of sp³-hybridized carbons (Fsp3) is 0.118. The van der Waals surface area contributed by atoms with E-state index in [1.54, 1.807) is 18.5 Å². The van der Waals surface area contributed by atoms with Crippen LogP contribution in [0.15, 0.2) is 67.1 Å². The van der Waals surface area contributed by atoms with Crippen LogP contribution in [0, 0.1) is 0 Å². The van der Waals surface area contributed by atoms with Gasteiger partial charge in [0.15, 0.2) is 0 Å². The minimum Gasteiger partial charge on any atom is -0.346 e. The normalized spacial score (nSPS) is 10.4. The first-order valence-corrected chi connectivity index (χ1v) is 7.06. The molecule has 0 aliphatic heterocycles. The van der Waals surface area contributed by atoms with Gasteiger partial charge in [-0.3, -0.25) is 14.5 Å². The summed E-state index contributed by atoms with van der Waals surface area (Å²) < 4.78 is 1.82. The topological polar surface area (TPSA) is 59.8 Å². The lowest BCUT2D eigenvalue weighted by atomic mass is 10.1. The van der Waals surface area contributed by atoms with E-state index in [9.17, 15) is 4.79 Å². The van der Waals surface area contributed by atoms with E-state index in [1.165, 1.54) is 0 Å². The lowest BCUT2D eigenvalue weighted by Crippen LogP contribution is -2.23. The van der Waals surface area contributed by atoms with Crippen LogP contribution in [0.3, 0.4) is 0 Å². The molecule has 5 heteroatoms. The maximum atomic E-state index is 12.2. The molecule has 5 nitrogen and oxygen atoms in total. The molecule has 0 saturated carbocycles. The first-order valence-electron chi connectivity index (χ1n) is 7.06. The maximum Gasteiger partial charge on any atom is 0.251 e. The number of nitrogens with zero attached hydrogens (tertiary/aromatic N) is 3. The van der Waals surface area contributed by atoms with E-state index >= 15 is 0 Å². The summed E-state index contributed by atoms with van der Waals surface area (Å²) >= 11 is 0. The number of carbonyl (C=O) groups excluding carboxylic acids is 1. The molecule has 0 spiro atoms. The van der Waals surface area contributed by atoms with Crippen LogP contribution in [0.4, 0.5) is 0 Å². The van der Waals surface area contributed by atoms with Crippen molar-refractivity contribution in [2.75, 3.05) is 0 Å². The third kappa shape index (κ3) is 3.58. The molecule has 1 N–H and O–H groups in total. The number of nitrogens with one attached hydrogen (secondary N) is 1. The van der Waals surface area contributed by atoms with E-state index in [4.69, 9.17) is 0 Å². The predicted octanol–water partition coefficient (Wildman–Crippen LogP) is 2.26. The van der Waals surface area contributed by atoms with E-state index in [-0.39, 0.29) is 5.91 Å². The molecule has 0 saturated heterocycles. The highest BCUT2D eigenvalue weighted by Gasteiger charge is 2.06. The molecule has 3 rings (SSSR count). The van der Waals surface area contributed by atoms with Gasteiger partial charge in [-0.15, -0.1) is 0 Å². The molecule has 0 radical (unpaired) electrons. The zero-order valence-electron chi connectivity index (χ0n) is 12.0. The third-order valence-corrected chi connectivity index (χ3v) is 3.25. The van der Waals surface area contributed by atoms with Gasteiger partial charge in [0, 0.05) is 24.2 Å². The average molecular weight is 292 g/mol. The highest BCUT2D eigenvalue weighted by Crippen LogP contribution is 2.07. The average Bonchev–Trinajstić information content (AvgIpc) is 3.07. The van der Waals surface area contributed by atoms with Crippen molar-refractivity contribution >= 4 is 5.91 Å². The summed E-state index contributed by atoms with van der Waals surface area (Å²) in [6.45, 7) is 1.07. The predicted molar refractivity (Wildman–Crippen MR) is 83.2 cm³/mol. The number of hydrogen-bond acceptors (Lipinski definition) is 3. The van der Waals surface area contributed by atoms with Gasteiger partial charge in [0.25, 0.3) is 5.91 Å². The second kappa shape index (κ2) is 6.67. The van der Waals surface area contributed by atoms with Gasteiger partial charge in [-0.05, 0) is 35.9 Å². The quantitative estimate of drug-likeness (QED) is 0.784. The molecule has 2 aromatic heterocycles. The minimum atomic E-state index is -0.104. The molecular weight excluding hydrogens is 276 g/mol. The van der Waals surface area contributed by atoms with Gasteiger partial charge < -0.3 is 5.32 Å². The maximum absolute atomic E-state index is 12.2. The Balaban J connectivity index is 1.65. The molecule has 2 heterocycles. The Morgan fingerprint density at radius 2 is 2.05 bits per heavy atom. The lowest BCUT2D eigenvalue weighted by molar-refractivity contribution is 0.0950. The summed E-state index contributed by atoms with van der Waals surface area (Å²) in [5.41, 5.74) is 2.51. The van der Waals surface area contributed by atoms with E-state index in [0.29, 0.717) is 18.7 Å². The summed E-state index contributed by atoms with van der Waals surface area (Å²) in [5, 5.41) is 7.05. The molecule has 22 heavy (non-hydrogen) atoms. The summed E-state index contributed by atoms with van der Waals surface area (Å²) in [4.78, 5) is 16.4. The number of pyridine rings is 1. The van der Waals surface area contributed by atoms with E-state index in [1.807, 2.05) is 53.3 Å². The Bertz CT molecular complexity index is 738. The fourth-order valence-corrected chi connectivity index (χ4v) is 2.17. The van der Waals surface area contributed by atoms with Gasteiger partial charge in [-0.2, -0.15) is 5.10 Å². The second-order valence-electron chi connectivity index (χ2n) is 4.91. The number of carbonyl (C=O) groups is 1. The number of amides is 1. The van der Waals surface area contributed by atoms with Crippen molar-refractivity contribution in [2.24, 2.45) is 0 Å². The summed E-state index contributed by atoms with van der Waals surface area (Å²) in [5.74, 6) is -0.104. The fourth-order valence-electron chi connectivity index (χ4n) is 2.17. The molecule has 1 amide bonds. The van der Waals surface area contributed by atoms with Crippen molar-refractivity contribution in [3.05, 3.63) is 83.9 Å². The summed E-state index contributed by atoms with van der Waals surface area (Å²) in [6, 6.07) is 15.1. The van der Waals surface area contributed by atoms with Crippen LogP contribution >= 0.6 is 0 Å². The Morgan fingerprint density at radius 3 is 2.82 bits per heavy atom. The Hall–Kier alpha value is -2.95. The van der Waals surface area contributed by atoms with Crippen LogP contribution in [0.25, 0.3) is 0 Å². The van der Waals surface area contributed by atoms with Gasteiger partial charge in [0.2, 0.25) is 0 Å². The molecule has 0 unspecified atom stereocenters. The third-order valence-electron chi connectivity index (χ3n) is 3.25. The molecule has 0 atom stereocenters. The van der Waals surface area contributed by atoms with Crippen molar-refractivity contribution < 1.29 is 4.79 Å². The van der Waals surface area contributed by atoms with Gasteiger partial charge in [-0.1, -0.05) is 18.2 Å². The van der Waals surface area contributed by atoms with Gasteiger partial charge in [0.1, 0.15) is 0 Å². The second-order valence-corrected chi connectivity index (χ2v) is 4.91. The van der Waals surface area contributed by atoms with Crippen molar-refractivity contribution in [3.63, 3.8) is 0 Å². The zero-order chi connectivity index (χ0) is 15.2. The van der Waals surface area contributed by atoms with Crippen LogP contribution in [0.1, 0.15) is 21.6 Å². The minimum absolute atomic E-state index is 0.104. The van der Waals surface area contributed by atoms with E-state index in [2.05, 4.69) is 15.4 Å². The first-order chi connectivity index (χ1) is 10.8. The molecule has 0 fully saturated rings. The number of aromatic nitrogens is 3. The van der Waals surface area contributed by atoms with Crippen molar-refractivity contribution in [3.8, 4) is 0 Å². The molecule has 0 bridgehead atoms. The molecule has 3 aromatic rings. The van der Waals surface area contributed by atoms with Crippen molar-refractivity contribution in [1.82, 2.24) is 20.1 Å². The summed E-state index contributed by atoms with van der Waals surface area (Å²) in [6.07, 6.45) is 5.35. The summed E-state index contributed by atoms with van der Waals surface area (Å²) in [7, 11) is 0. The van der Waals surface area contributed by atoms with Crippen LogP contribution in [-0.4, -0.2) is 20.7 Å². The Kier molecular flexibility index (Phi) is 4.25. The van der Waals surface area contributed by atoms with Gasteiger partial charge in [-0.25, -0.2) is 0 Å². The van der Waals surface area contributed by atoms with E-state index < -0.39 is 0 Å². The first kappa shape index (κ1) is 14.0. The molecular formula is C17H16N4O. The zero-order valence-corrected chi connectivity index (χ0v) is 12.0. The van der Waals surface area contributed by atoms with Crippen molar-refractivity contribution in [1.29, 1.82) is 0 Å². The van der Waals surface area contributed by atoms with Crippen LogP contribution in [-0.2, 0) is 13.1 Å². The monoisotopic (exact) mass is 292 g/mol. The smallest absolute Gasteiger partial charge is 0.251 e. The van der Waals surface area contributed by atoms with Gasteiger partial charge >= 0.3 is 0 Å². The molecule has 0 aliphatic carbocycles. The highest BCUT2D eigenvalue weighted by molar-refractivity contribution is 5.94. The van der Waals surface area contributed by atoms with E-state index in [0.717, 1.165) is 11.3 Å². The highest BCUT2D eigenvalue weighted by atomic mass is 16.1. The van der Waals surface area contributed by atoms with Crippen LogP contribution in [0.2, 0.25) is 0 Å². The number of hydrogen-bond donors (Lipinski definition) is 1. The number of rotatable bonds is 5. The standard InChI is InChI=1S/C17H16N4O/c22-17(19-12-16-7-1-2-8-18-16)15-6-3-5-14(11-15)13-21-10-4-9-20-21/h1-11H,12-13H2,(H,19,22). The van der Waals surface area contributed by atoms with Crippen LogP contribution < -0.4 is 5.32 Å². The molecule has 110 valence electrons. The molecule has 0 aliphatic rings. The van der Waals surface area contributed by atoms with Crippen molar-refractivity contribution in [2.45, 2.75) is 13.1 Å². The molecule has 1 aromatic carbocycles. The van der Waals surface area contributed by atoms with Crippen LogP contribution in [0.5, 0.6) is 0 Å². The Labute approximate surface area is 128 Å². The van der Waals surface area contributed by atoms with Gasteiger partial charge in [0.05, 0.1) is 18.8 Å². The Morgan fingerprint density at radius 1 is 1.09 bits per heavy atom.